The molecule has 24 heteroatoms. The molecule has 5 saturated heterocycles. The van der Waals surface area contributed by atoms with Gasteiger partial charge in [0.25, 0.3) is 37.6 Å². The normalized spacial score (nSPS) is 21.7. The molecule has 0 radical (unpaired) electrons. The zero-order valence-electron chi connectivity index (χ0n) is 48.2. The fraction of sp³-hybridized carbons (Fsp3) is 0.413. The molecule has 5 amide bonds. The molecule has 3 N–H and O–H groups in total. The van der Waals surface area contributed by atoms with E-state index in [4.69, 9.17) is 11.6 Å². The topological polar surface area (TPSA) is 206 Å². The first-order valence-corrected chi connectivity index (χ1v) is 33.6. The van der Waals surface area contributed by atoms with Gasteiger partial charge in [0.1, 0.15) is 10.9 Å². The summed E-state index contributed by atoms with van der Waals surface area (Å²) in [6.45, 7) is 10.7. The highest BCUT2D eigenvalue weighted by Crippen LogP contribution is 2.44. The number of hydrogen-bond donors (Lipinski definition) is 3. The minimum Gasteiger partial charge on any atom is -0.380 e. The third kappa shape index (κ3) is 13.7. The van der Waals surface area contributed by atoms with Gasteiger partial charge in [-0.05, 0) is 146 Å². The lowest BCUT2D eigenvalue weighted by Crippen LogP contribution is -2.62. The fourth-order valence-corrected chi connectivity index (χ4v) is 16.1. The summed E-state index contributed by atoms with van der Waals surface area (Å²) in [6.07, 6.45) is 5.26. The van der Waals surface area contributed by atoms with Gasteiger partial charge in [-0.25, -0.2) is 21.6 Å². The number of thioether (sulfide) groups is 1. The van der Waals surface area contributed by atoms with Crippen LogP contribution in [0.3, 0.4) is 0 Å². The van der Waals surface area contributed by atoms with E-state index in [0.29, 0.717) is 62.5 Å². The van der Waals surface area contributed by atoms with E-state index in [9.17, 15) is 54.0 Å². The number of allylic oxidation sites excluding steroid dienone is 1. The van der Waals surface area contributed by atoms with Crippen molar-refractivity contribution in [1.29, 1.82) is 0 Å². The molecule has 17 nitrogen and oxygen atoms in total. The molecule has 87 heavy (non-hydrogen) atoms. The van der Waals surface area contributed by atoms with Crippen molar-refractivity contribution in [3.8, 4) is 0 Å². The number of carbonyl (C=O) groups is 5. The number of sulfone groups is 1. The van der Waals surface area contributed by atoms with E-state index in [2.05, 4.69) is 56.2 Å². The number of amides is 5. The van der Waals surface area contributed by atoms with Gasteiger partial charge < -0.3 is 10.2 Å². The Hall–Kier alpha value is -6.60. The van der Waals surface area contributed by atoms with Gasteiger partial charge in [0.05, 0.1) is 21.7 Å². The quantitative estimate of drug-likeness (QED) is 0.0521. The van der Waals surface area contributed by atoms with E-state index in [-0.39, 0.29) is 47.0 Å². The lowest BCUT2D eigenvalue weighted by atomic mass is 9.73. The van der Waals surface area contributed by atoms with Gasteiger partial charge in [0.2, 0.25) is 11.8 Å². The number of piperidine rings is 3. The Balaban J connectivity index is 0.737. The Morgan fingerprint density at radius 2 is 1.47 bits per heavy atom. The average molecular weight is 1270 g/mol. The Bertz CT molecular complexity index is 3750. The van der Waals surface area contributed by atoms with Crippen molar-refractivity contribution in [2.75, 3.05) is 68.3 Å². The number of hydrogen-bond acceptors (Lipinski definition) is 15. The highest BCUT2D eigenvalue weighted by Gasteiger charge is 2.49. The van der Waals surface area contributed by atoms with Crippen LogP contribution in [0.25, 0.3) is 5.57 Å². The molecule has 0 spiro atoms. The number of piperazine rings is 2. The summed E-state index contributed by atoms with van der Waals surface area (Å²) < 4.78 is 100. The molecule has 5 aromatic carbocycles. The molecule has 5 fully saturated rings. The number of fused-ring (bicyclic) bond motifs is 4. The molecule has 2 bridgehead atoms. The Labute approximate surface area is 514 Å². The maximum atomic E-state index is 14.6. The minimum absolute atomic E-state index is 0.0109. The molecule has 0 saturated carbocycles. The van der Waals surface area contributed by atoms with Crippen LogP contribution in [0.1, 0.15) is 107 Å². The molecule has 7 aliphatic rings. The number of nitrogens with zero attached hydrogens (tertiary/aromatic N) is 5. The van der Waals surface area contributed by atoms with Crippen LogP contribution < -0.4 is 20.3 Å². The number of alkyl halides is 3. The second-order valence-corrected chi connectivity index (χ2v) is 29.3. The first-order chi connectivity index (χ1) is 41.4. The molecule has 0 aromatic heterocycles. The van der Waals surface area contributed by atoms with E-state index in [0.717, 1.165) is 84.9 Å². The van der Waals surface area contributed by atoms with Gasteiger partial charge in [0, 0.05) is 110 Å². The van der Waals surface area contributed by atoms with Crippen LogP contribution in [0.4, 0.5) is 24.5 Å². The zero-order chi connectivity index (χ0) is 61.6. The van der Waals surface area contributed by atoms with E-state index in [1.54, 1.807) is 30.3 Å². The zero-order valence-corrected chi connectivity index (χ0v) is 51.4. The predicted molar refractivity (Wildman–Crippen MR) is 327 cm³/mol. The number of imide groups is 2. The van der Waals surface area contributed by atoms with Crippen molar-refractivity contribution < 1.29 is 54.0 Å². The Morgan fingerprint density at radius 1 is 0.782 bits per heavy atom. The summed E-state index contributed by atoms with van der Waals surface area (Å²) >= 11 is 7.63. The number of benzene rings is 5. The van der Waals surface area contributed by atoms with Crippen LogP contribution in [0.15, 0.2) is 136 Å². The smallest absolute Gasteiger partial charge is 0.380 e. The van der Waals surface area contributed by atoms with Gasteiger partial charge in [0.15, 0.2) is 0 Å². The van der Waals surface area contributed by atoms with Crippen molar-refractivity contribution in [2.45, 2.75) is 116 Å². The van der Waals surface area contributed by atoms with E-state index in [1.165, 1.54) is 40.6 Å². The first-order valence-electron chi connectivity index (χ1n) is 29.2. The summed E-state index contributed by atoms with van der Waals surface area (Å²) in [7, 11) is -11.1. The summed E-state index contributed by atoms with van der Waals surface area (Å²) in [4.78, 5) is 73.8. The van der Waals surface area contributed by atoms with E-state index in [1.807, 2.05) is 47.2 Å². The fourth-order valence-electron chi connectivity index (χ4n) is 13.0. The molecule has 460 valence electrons. The third-order valence-corrected chi connectivity index (χ3v) is 22.0. The van der Waals surface area contributed by atoms with E-state index < -0.39 is 82.5 Å². The number of sulfonamides is 1. The molecule has 4 atom stereocenters. The standard InChI is InChI=1S/C63H68ClF3N8O9S3/c1-62(2)26-24-51(41-9-13-44(64)14-10-41)43(34-62)36-71-28-30-72(31-29-71)46-15-11-42(12-16-46)58(77)70-87(83,84)50-19-21-54(56(33-50)86(81,82)63(65,66)67)68-45(39-85-49-6-4-3-5-7-49)25-27-73-37-48-18-17-47(73)38-74(48)35-40-8-20-52-53(32-40)61(80)75(60(52)79)55-22-23-57(76)69-59(55)78/h3-16,19-21,32-33,45,47-48,55,68H,17-18,22-31,34-39H2,1-2H3,(H,70,77)(H,69,76,78)/t45-,47?,48?,55?/m1/s1. The van der Waals surface area contributed by atoms with Crippen LogP contribution in [0.5, 0.6) is 0 Å². The van der Waals surface area contributed by atoms with Crippen molar-refractivity contribution in [2.24, 2.45) is 5.41 Å². The lowest BCUT2D eigenvalue weighted by Gasteiger charge is -2.52. The highest BCUT2D eigenvalue weighted by atomic mass is 35.5. The lowest BCUT2D eigenvalue weighted by molar-refractivity contribution is -0.136. The molecule has 5 aromatic rings. The summed E-state index contributed by atoms with van der Waals surface area (Å²) in [5, 5.41) is 5.98. The second kappa shape index (κ2) is 25.1. The van der Waals surface area contributed by atoms with Crippen LogP contribution in [-0.2, 0) is 36.0 Å². The van der Waals surface area contributed by atoms with Gasteiger partial charge in [-0.2, -0.15) is 13.2 Å². The molecule has 1 aliphatic carbocycles. The van der Waals surface area contributed by atoms with Gasteiger partial charge in [-0.3, -0.25) is 48.9 Å². The van der Waals surface area contributed by atoms with Gasteiger partial charge >= 0.3 is 5.51 Å². The number of halogens is 4. The first kappa shape index (κ1) is 62.0. The molecular weight excluding hydrogens is 1200 g/mol. The van der Waals surface area contributed by atoms with Gasteiger partial charge in [-0.15, -0.1) is 11.8 Å². The van der Waals surface area contributed by atoms with E-state index >= 15 is 0 Å². The van der Waals surface area contributed by atoms with Crippen molar-refractivity contribution in [3.63, 3.8) is 0 Å². The molecule has 6 heterocycles. The molecule has 3 unspecified atom stereocenters. The molecular formula is C63H68ClF3N8O9S3. The minimum atomic E-state index is -6.17. The van der Waals surface area contributed by atoms with Crippen molar-refractivity contribution in [3.05, 3.63) is 154 Å². The largest absolute Gasteiger partial charge is 0.501 e. The Kier molecular flexibility index (Phi) is 17.9. The number of rotatable bonds is 19. The van der Waals surface area contributed by atoms with Crippen molar-refractivity contribution in [1.82, 2.24) is 29.6 Å². The second-order valence-electron chi connectivity index (χ2n) is 24.2. The summed E-state index contributed by atoms with van der Waals surface area (Å²) in [5.74, 6) is -3.08. The third-order valence-electron chi connectivity index (χ3n) is 17.7. The maximum absolute atomic E-state index is 14.6. The number of nitrogens with one attached hydrogen (secondary N) is 3. The van der Waals surface area contributed by atoms with Crippen LogP contribution in [0.2, 0.25) is 5.02 Å². The summed E-state index contributed by atoms with van der Waals surface area (Å²) in [6, 6.07) is 29.6. The van der Waals surface area contributed by atoms with Crippen LogP contribution in [-0.4, -0.2) is 154 Å². The SMILES string of the molecule is CC1(C)CCC(c2ccc(Cl)cc2)=C(CN2CCN(c3ccc(C(=O)NS(=O)(=O)c4ccc(N[C@H](CCN5CC6CCC5CN6Cc5ccc6c(c5)C(=O)N(C5CCC(=O)NC5=O)C6=O)CSc5ccccc5)c(S(=O)(=O)C(F)(F)F)c4)cc3)CC2)C1. The number of anilines is 2. The predicted octanol–water partition coefficient (Wildman–Crippen LogP) is 9.25. The van der Waals surface area contributed by atoms with Crippen LogP contribution in [0, 0.1) is 5.41 Å². The van der Waals surface area contributed by atoms with Crippen molar-refractivity contribution >= 4 is 89.7 Å². The monoisotopic (exact) mass is 1270 g/mol. The maximum Gasteiger partial charge on any atom is 0.501 e. The Morgan fingerprint density at radius 3 is 2.15 bits per heavy atom. The molecule has 6 aliphatic heterocycles. The average Bonchev–Trinajstić information content (AvgIpc) is 1.92. The highest BCUT2D eigenvalue weighted by molar-refractivity contribution is 7.99. The van der Waals surface area contributed by atoms with Crippen LogP contribution >= 0.6 is 23.4 Å². The molecule has 12 rings (SSSR count). The summed E-state index contributed by atoms with van der Waals surface area (Å²) in [5.41, 5.74) is -0.0810. The number of carbonyl (C=O) groups excluding carboxylic acids is 5. The van der Waals surface area contributed by atoms with Gasteiger partial charge in [-0.1, -0.05) is 67.4 Å².